The van der Waals surface area contributed by atoms with Crippen molar-refractivity contribution in [3.8, 4) is 0 Å². The zero-order valence-electron chi connectivity index (χ0n) is 14.2. The van der Waals surface area contributed by atoms with Crippen LogP contribution in [0.2, 0.25) is 0 Å². The van der Waals surface area contributed by atoms with Crippen LogP contribution in [-0.4, -0.2) is 40.3 Å². The van der Waals surface area contributed by atoms with E-state index in [2.05, 4.69) is 17.2 Å². The predicted molar refractivity (Wildman–Crippen MR) is 98.9 cm³/mol. The van der Waals surface area contributed by atoms with Crippen LogP contribution < -0.4 is 0 Å². The fourth-order valence-corrected chi connectivity index (χ4v) is 4.39. The average molecular weight is 355 g/mol. The molecule has 1 amide bonds. The Morgan fingerprint density at radius 2 is 2.24 bits per heavy atom. The van der Waals surface area contributed by atoms with Crippen molar-refractivity contribution in [3.63, 3.8) is 0 Å². The summed E-state index contributed by atoms with van der Waals surface area (Å²) in [6.07, 6.45) is 2.68. The van der Waals surface area contributed by atoms with Crippen molar-refractivity contribution in [2.75, 3.05) is 19.8 Å². The molecule has 0 radical (unpaired) electrons. The predicted octanol–water partition coefficient (Wildman–Crippen LogP) is 3.72. The molecule has 2 aromatic heterocycles. The minimum atomic E-state index is 0.107. The van der Waals surface area contributed by atoms with Crippen LogP contribution in [0, 0.1) is 0 Å². The summed E-state index contributed by atoms with van der Waals surface area (Å²) in [6, 6.07) is 12.3. The van der Waals surface area contributed by atoms with Gasteiger partial charge in [0.15, 0.2) is 0 Å². The summed E-state index contributed by atoms with van der Waals surface area (Å²) in [7, 11) is 0. The lowest BCUT2D eigenvalue weighted by atomic mass is 10.1. The van der Waals surface area contributed by atoms with E-state index in [1.165, 1.54) is 0 Å². The van der Waals surface area contributed by atoms with E-state index in [4.69, 9.17) is 4.74 Å². The highest BCUT2D eigenvalue weighted by molar-refractivity contribution is 7.20. The van der Waals surface area contributed by atoms with Gasteiger partial charge in [0.2, 0.25) is 0 Å². The number of nitrogens with zero attached hydrogens (tertiary/aromatic N) is 3. The number of amides is 1. The largest absolute Gasteiger partial charge is 0.382 e. The highest BCUT2D eigenvalue weighted by Gasteiger charge is 2.29. The van der Waals surface area contributed by atoms with Crippen LogP contribution in [0.25, 0.3) is 10.1 Å². The number of aromatic nitrogens is 2. The summed E-state index contributed by atoms with van der Waals surface area (Å²) in [5.74, 6) is 0.107. The monoisotopic (exact) mass is 355 g/mol. The van der Waals surface area contributed by atoms with E-state index in [-0.39, 0.29) is 11.9 Å². The molecule has 0 unspecified atom stereocenters. The van der Waals surface area contributed by atoms with Crippen LogP contribution in [0.15, 0.2) is 42.6 Å². The SMILES string of the molecule is CCOCC[C@H]1CN(C(=O)c2cc3ccccc3s2)Cc2ccnn21. The van der Waals surface area contributed by atoms with E-state index in [0.29, 0.717) is 26.3 Å². The van der Waals surface area contributed by atoms with Gasteiger partial charge in [-0.2, -0.15) is 5.10 Å². The van der Waals surface area contributed by atoms with Crippen LogP contribution in [0.1, 0.15) is 34.8 Å². The number of thiophene rings is 1. The third-order valence-electron chi connectivity index (χ3n) is 4.61. The number of rotatable bonds is 5. The summed E-state index contributed by atoms with van der Waals surface area (Å²) in [4.78, 5) is 15.8. The molecule has 130 valence electrons. The Balaban J connectivity index is 1.56. The van der Waals surface area contributed by atoms with E-state index in [1.807, 2.05) is 47.0 Å². The highest BCUT2D eigenvalue weighted by Crippen LogP contribution is 2.29. The van der Waals surface area contributed by atoms with Crippen LogP contribution in [0.4, 0.5) is 0 Å². The number of ether oxygens (including phenoxy) is 1. The standard InChI is InChI=1S/C19H21N3O2S/c1-2-24-10-8-16-13-21(12-15-7-9-20-22(15)16)19(23)18-11-14-5-3-4-6-17(14)25-18/h3-7,9,11,16H,2,8,10,12-13H2,1H3/t16-/m0/s1. The molecule has 0 fully saturated rings. The minimum absolute atomic E-state index is 0.107. The lowest BCUT2D eigenvalue weighted by Crippen LogP contribution is -2.41. The van der Waals surface area contributed by atoms with E-state index in [9.17, 15) is 4.79 Å². The highest BCUT2D eigenvalue weighted by atomic mass is 32.1. The Morgan fingerprint density at radius 3 is 3.08 bits per heavy atom. The Labute approximate surface area is 150 Å². The second-order valence-corrected chi connectivity index (χ2v) is 7.32. The molecule has 6 heteroatoms. The molecule has 4 rings (SSSR count). The molecule has 5 nitrogen and oxygen atoms in total. The first-order valence-electron chi connectivity index (χ1n) is 8.64. The lowest BCUT2D eigenvalue weighted by Gasteiger charge is -2.33. The molecular formula is C19H21N3O2S. The van der Waals surface area contributed by atoms with Crippen LogP contribution >= 0.6 is 11.3 Å². The first-order chi connectivity index (χ1) is 12.3. The number of carbonyl (C=O) groups excluding carboxylic acids is 1. The second kappa shape index (κ2) is 6.98. The van der Waals surface area contributed by atoms with Gasteiger partial charge in [-0.15, -0.1) is 11.3 Å². The molecule has 3 aromatic rings. The van der Waals surface area contributed by atoms with E-state index >= 15 is 0 Å². The van der Waals surface area contributed by atoms with Gasteiger partial charge in [0.1, 0.15) is 0 Å². The van der Waals surface area contributed by atoms with Crippen molar-refractivity contribution in [3.05, 3.63) is 53.2 Å². The van der Waals surface area contributed by atoms with Crippen molar-refractivity contribution < 1.29 is 9.53 Å². The first-order valence-corrected chi connectivity index (χ1v) is 9.46. The van der Waals surface area contributed by atoms with Crippen LogP contribution in [-0.2, 0) is 11.3 Å². The van der Waals surface area contributed by atoms with Gasteiger partial charge in [0, 0.05) is 30.7 Å². The fourth-order valence-electron chi connectivity index (χ4n) is 3.36. The summed E-state index contributed by atoms with van der Waals surface area (Å²) in [5, 5.41) is 5.57. The van der Waals surface area contributed by atoms with Gasteiger partial charge in [-0.1, -0.05) is 18.2 Å². The quantitative estimate of drug-likeness (QED) is 0.655. The Morgan fingerprint density at radius 1 is 1.36 bits per heavy atom. The van der Waals surface area contributed by atoms with Gasteiger partial charge in [-0.3, -0.25) is 9.48 Å². The fraction of sp³-hybridized carbons (Fsp3) is 0.368. The molecule has 0 saturated carbocycles. The number of hydrogen-bond acceptors (Lipinski definition) is 4. The van der Waals surface area contributed by atoms with E-state index in [0.717, 1.165) is 27.1 Å². The lowest BCUT2D eigenvalue weighted by molar-refractivity contribution is 0.0630. The maximum absolute atomic E-state index is 13.1. The topological polar surface area (TPSA) is 47.4 Å². The Hall–Kier alpha value is -2.18. The van der Waals surface area contributed by atoms with Gasteiger partial charge < -0.3 is 9.64 Å². The molecule has 3 heterocycles. The van der Waals surface area contributed by atoms with Crippen LogP contribution in [0.3, 0.4) is 0 Å². The number of hydrogen-bond donors (Lipinski definition) is 0. The van der Waals surface area contributed by atoms with Crippen molar-refractivity contribution >= 4 is 27.3 Å². The average Bonchev–Trinajstić information content (AvgIpc) is 3.27. The molecule has 0 saturated heterocycles. The van der Waals surface area contributed by atoms with Gasteiger partial charge in [-0.25, -0.2) is 0 Å². The normalized spacial score (nSPS) is 17.0. The molecular weight excluding hydrogens is 334 g/mol. The first kappa shape index (κ1) is 16.3. The zero-order chi connectivity index (χ0) is 17.2. The molecule has 1 atom stereocenters. The summed E-state index contributed by atoms with van der Waals surface area (Å²) >= 11 is 1.57. The van der Waals surface area contributed by atoms with Crippen molar-refractivity contribution in [1.82, 2.24) is 14.7 Å². The number of benzene rings is 1. The van der Waals surface area contributed by atoms with Gasteiger partial charge in [-0.05, 0) is 36.9 Å². The molecule has 1 aliphatic rings. The van der Waals surface area contributed by atoms with Crippen molar-refractivity contribution in [1.29, 1.82) is 0 Å². The zero-order valence-corrected chi connectivity index (χ0v) is 15.0. The molecule has 1 aliphatic heterocycles. The molecule has 1 aromatic carbocycles. The van der Waals surface area contributed by atoms with Crippen LogP contribution in [0.5, 0.6) is 0 Å². The van der Waals surface area contributed by atoms with Gasteiger partial charge >= 0.3 is 0 Å². The molecule has 0 bridgehead atoms. The summed E-state index contributed by atoms with van der Waals surface area (Å²) < 4.78 is 8.71. The number of carbonyl (C=O) groups is 1. The minimum Gasteiger partial charge on any atom is -0.382 e. The van der Waals surface area contributed by atoms with Crippen molar-refractivity contribution in [2.45, 2.75) is 25.9 Å². The van der Waals surface area contributed by atoms with Crippen molar-refractivity contribution in [2.24, 2.45) is 0 Å². The summed E-state index contributed by atoms with van der Waals surface area (Å²) in [5.41, 5.74) is 1.09. The Kier molecular flexibility index (Phi) is 4.55. The molecule has 0 N–H and O–H groups in total. The smallest absolute Gasteiger partial charge is 0.264 e. The van der Waals surface area contributed by atoms with E-state index in [1.54, 1.807) is 11.3 Å². The van der Waals surface area contributed by atoms with Gasteiger partial charge in [0.05, 0.1) is 23.2 Å². The maximum atomic E-state index is 13.1. The molecule has 0 spiro atoms. The molecule has 25 heavy (non-hydrogen) atoms. The summed E-state index contributed by atoms with van der Waals surface area (Å²) in [6.45, 7) is 4.68. The number of fused-ring (bicyclic) bond motifs is 2. The third-order valence-corrected chi connectivity index (χ3v) is 5.71. The third kappa shape index (κ3) is 3.19. The maximum Gasteiger partial charge on any atom is 0.264 e. The Bertz CT molecular complexity index is 853. The molecule has 0 aliphatic carbocycles. The van der Waals surface area contributed by atoms with Gasteiger partial charge in [0.25, 0.3) is 5.91 Å². The van der Waals surface area contributed by atoms with E-state index < -0.39 is 0 Å². The second-order valence-electron chi connectivity index (χ2n) is 6.24.